The standard InChI is InChI=1S/C20H19ClN2O3S2/c1-14-5-8-17(9-6-14)28(25,26)22-15-7-10-18(19(21)12-15)20(24)23(2)13-16-4-3-11-27-16/h3-12,22H,13H2,1-2H3. The fraction of sp³-hybridized carbons (Fsp3) is 0.150. The van der Waals surface area contributed by atoms with Crippen LogP contribution in [0.15, 0.2) is 64.9 Å². The highest BCUT2D eigenvalue weighted by Crippen LogP contribution is 2.25. The van der Waals surface area contributed by atoms with Gasteiger partial charge in [0, 0.05) is 11.9 Å². The van der Waals surface area contributed by atoms with E-state index >= 15 is 0 Å². The third-order valence-electron chi connectivity index (χ3n) is 4.10. The number of nitrogens with one attached hydrogen (secondary N) is 1. The Balaban J connectivity index is 1.76. The summed E-state index contributed by atoms with van der Waals surface area (Å²) in [6, 6.07) is 14.9. The van der Waals surface area contributed by atoms with Crippen molar-refractivity contribution in [3.63, 3.8) is 0 Å². The van der Waals surface area contributed by atoms with Crippen molar-refractivity contribution in [3.8, 4) is 0 Å². The van der Waals surface area contributed by atoms with Crippen molar-refractivity contribution >= 4 is 44.6 Å². The molecule has 1 heterocycles. The van der Waals surface area contributed by atoms with Gasteiger partial charge >= 0.3 is 0 Å². The third-order valence-corrected chi connectivity index (χ3v) is 6.67. The molecule has 8 heteroatoms. The van der Waals surface area contributed by atoms with Crippen LogP contribution in [0.1, 0.15) is 20.8 Å². The van der Waals surface area contributed by atoms with E-state index < -0.39 is 10.0 Å². The number of carbonyl (C=O) groups excluding carboxylic acids is 1. The molecule has 2 aromatic carbocycles. The van der Waals surface area contributed by atoms with Gasteiger partial charge in [-0.1, -0.05) is 35.4 Å². The minimum Gasteiger partial charge on any atom is -0.337 e. The summed E-state index contributed by atoms with van der Waals surface area (Å²) in [6.07, 6.45) is 0. The lowest BCUT2D eigenvalue weighted by atomic mass is 10.2. The van der Waals surface area contributed by atoms with Gasteiger partial charge in [0.15, 0.2) is 0 Å². The van der Waals surface area contributed by atoms with Crippen molar-refractivity contribution < 1.29 is 13.2 Å². The number of benzene rings is 2. The summed E-state index contributed by atoms with van der Waals surface area (Å²) in [5, 5.41) is 2.14. The van der Waals surface area contributed by atoms with E-state index in [1.165, 1.54) is 30.3 Å². The van der Waals surface area contributed by atoms with Gasteiger partial charge in [-0.2, -0.15) is 0 Å². The number of hydrogen-bond acceptors (Lipinski definition) is 4. The maximum Gasteiger partial charge on any atom is 0.261 e. The number of nitrogens with zero attached hydrogens (tertiary/aromatic N) is 1. The van der Waals surface area contributed by atoms with Crippen molar-refractivity contribution in [2.24, 2.45) is 0 Å². The average Bonchev–Trinajstić information content (AvgIpc) is 3.14. The number of rotatable bonds is 6. The second-order valence-corrected chi connectivity index (χ2v) is 9.48. The first-order valence-electron chi connectivity index (χ1n) is 8.43. The zero-order valence-corrected chi connectivity index (χ0v) is 17.7. The van der Waals surface area contributed by atoms with Crippen LogP contribution in [0.2, 0.25) is 5.02 Å². The van der Waals surface area contributed by atoms with Crippen molar-refractivity contribution in [1.29, 1.82) is 0 Å². The molecule has 0 bridgehead atoms. The molecule has 0 radical (unpaired) electrons. The van der Waals surface area contributed by atoms with E-state index in [0.717, 1.165) is 10.4 Å². The summed E-state index contributed by atoms with van der Waals surface area (Å²) < 4.78 is 27.5. The molecule has 0 aliphatic carbocycles. The van der Waals surface area contributed by atoms with Gasteiger partial charge < -0.3 is 4.90 Å². The summed E-state index contributed by atoms with van der Waals surface area (Å²) in [6.45, 7) is 2.36. The minimum absolute atomic E-state index is 0.157. The molecular weight excluding hydrogens is 416 g/mol. The van der Waals surface area contributed by atoms with Gasteiger partial charge in [-0.15, -0.1) is 11.3 Å². The fourth-order valence-electron chi connectivity index (χ4n) is 2.60. The quantitative estimate of drug-likeness (QED) is 0.606. The average molecular weight is 435 g/mol. The molecule has 1 amide bonds. The Bertz CT molecular complexity index is 1080. The first-order chi connectivity index (χ1) is 13.3. The first-order valence-corrected chi connectivity index (χ1v) is 11.2. The van der Waals surface area contributed by atoms with Crippen LogP contribution in [0.3, 0.4) is 0 Å². The Morgan fingerprint density at radius 2 is 1.86 bits per heavy atom. The van der Waals surface area contributed by atoms with Gasteiger partial charge in [-0.25, -0.2) is 8.42 Å². The molecular formula is C20H19ClN2O3S2. The van der Waals surface area contributed by atoms with Crippen LogP contribution in [0.25, 0.3) is 0 Å². The predicted octanol–water partition coefficient (Wildman–Crippen LogP) is 4.78. The van der Waals surface area contributed by atoms with Crippen LogP contribution in [-0.4, -0.2) is 26.3 Å². The highest BCUT2D eigenvalue weighted by Gasteiger charge is 2.18. The third kappa shape index (κ3) is 4.73. The molecule has 1 N–H and O–H groups in total. The monoisotopic (exact) mass is 434 g/mol. The second kappa shape index (κ2) is 8.34. The molecule has 3 rings (SSSR count). The SMILES string of the molecule is Cc1ccc(S(=O)(=O)Nc2ccc(C(=O)N(C)Cc3cccs3)c(Cl)c2)cc1. The topological polar surface area (TPSA) is 66.5 Å². The van der Waals surface area contributed by atoms with E-state index in [9.17, 15) is 13.2 Å². The molecule has 0 fully saturated rings. The molecule has 0 aliphatic rings. The van der Waals surface area contributed by atoms with E-state index in [1.807, 2.05) is 24.4 Å². The smallest absolute Gasteiger partial charge is 0.261 e. The van der Waals surface area contributed by atoms with E-state index in [-0.39, 0.29) is 15.8 Å². The Morgan fingerprint density at radius 1 is 1.14 bits per heavy atom. The second-order valence-electron chi connectivity index (χ2n) is 6.35. The van der Waals surface area contributed by atoms with Crippen LogP contribution in [-0.2, 0) is 16.6 Å². The van der Waals surface area contributed by atoms with Crippen molar-refractivity contribution in [2.45, 2.75) is 18.4 Å². The van der Waals surface area contributed by atoms with Gasteiger partial charge in [0.25, 0.3) is 15.9 Å². The maximum atomic E-state index is 12.6. The van der Waals surface area contributed by atoms with Crippen molar-refractivity contribution in [3.05, 3.63) is 81.0 Å². The lowest BCUT2D eigenvalue weighted by molar-refractivity contribution is 0.0786. The Morgan fingerprint density at radius 3 is 2.46 bits per heavy atom. The lowest BCUT2D eigenvalue weighted by Gasteiger charge is -2.17. The molecule has 5 nitrogen and oxygen atoms in total. The van der Waals surface area contributed by atoms with E-state index in [2.05, 4.69) is 4.72 Å². The maximum absolute atomic E-state index is 12.6. The molecule has 0 saturated carbocycles. The van der Waals surface area contributed by atoms with Crippen molar-refractivity contribution in [1.82, 2.24) is 4.90 Å². The van der Waals surface area contributed by atoms with E-state index in [4.69, 9.17) is 11.6 Å². The Hall–Kier alpha value is -2.35. The van der Waals surface area contributed by atoms with Crippen LogP contribution in [0.5, 0.6) is 0 Å². The number of sulfonamides is 1. The summed E-state index contributed by atoms with van der Waals surface area (Å²) >= 11 is 7.84. The molecule has 0 atom stereocenters. The first kappa shape index (κ1) is 20.4. The normalized spacial score (nSPS) is 11.2. The number of amides is 1. The van der Waals surface area contributed by atoms with Crippen molar-refractivity contribution in [2.75, 3.05) is 11.8 Å². The van der Waals surface area contributed by atoms with Gasteiger partial charge in [0.1, 0.15) is 0 Å². The summed E-state index contributed by atoms with van der Waals surface area (Å²) in [7, 11) is -2.03. The molecule has 1 aromatic heterocycles. The lowest BCUT2D eigenvalue weighted by Crippen LogP contribution is -2.26. The Kier molecular flexibility index (Phi) is 6.07. The minimum atomic E-state index is -3.73. The van der Waals surface area contributed by atoms with Gasteiger partial charge in [-0.3, -0.25) is 9.52 Å². The predicted molar refractivity (Wildman–Crippen MR) is 114 cm³/mol. The molecule has 3 aromatic rings. The zero-order valence-electron chi connectivity index (χ0n) is 15.3. The van der Waals surface area contributed by atoms with Crippen LogP contribution < -0.4 is 4.72 Å². The molecule has 0 unspecified atom stereocenters. The molecule has 0 spiro atoms. The van der Waals surface area contributed by atoms with Crippen LogP contribution in [0, 0.1) is 6.92 Å². The van der Waals surface area contributed by atoms with E-state index in [0.29, 0.717) is 17.8 Å². The molecule has 0 saturated heterocycles. The largest absolute Gasteiger partial charge is 0.337 e. The summed E-state index contributed by atoms with van der Waals surface area (Å²) in [5.41, 5.74) is 1.58. The summed E-state index contributed by atoms with van der Waals surface area (Å²) in [4.78, 5) is 15.4. The number of halogens is 1. The number of carbonyl (C=O) groups is 1. The van der Waals surface area contributed by atoms with Gasteiger partial charge in [0.05, 0.1) is 27.7 Å². The number of hydrogen-bond donors (Lipinski definition) is 1. The zero-order chi connectivity index (χ0) is 20.3. The fourth-order valence-corrected chi connectivity index (χ4v) is 4.67. The molecule has 0 aliphatic heterocycles. The van der Waals surface area contributed by atoms with Gasteiger partial charge in [-0.05, 0) is 48.7 Å². The van der Waals surface area contributed by atoms with E-state index in [1.54, 1.807) is 35.4 Å². The van der Waals surface area contributed by atoms with Gasteiger partial charge in [0.2, 0.25) is 0 Å². The van der Waals surface area contributed by atoms with Crippen LogP contribution >= 0.6 is 22.9 Å². The number of anilines is 1. The number of thiophene rings is 1. The highest BCUT2D eigenvalue weighted by molar-refractivity contribution is 7.92. The highest BCUT2D eigenvalue weighted by atomic mass is 35.5. The number of aryl methyl sites for hydroxylation is 1. The molecule has 28 heavy (non-hydrogen) atoms. The molecule has 146 valence electrons. The Labute approximate surface area is 173 Å². The summed E-state index contributed by atoms with van der Waals surface area (Å²) in [5.74, 6) is -0.230. The van der Waals surface area contributed by atoms with Crippen LogP contribution in [0.4, 0.5) is 5.69 Å².